The molecular weight excluding hydrogens is 216 g/mol. The van der Waals surface area contributed by atoms with Crippen LogP contribution in [0.5, 0.6) is 0 Å². The van der Waals surface area contributed by atoms with Gasteiger partial charge in [-0.2, -0.15) is 10.4 Å². The minimum absolute atomic E-state index is 0.0736. The summed E-state index contributed by atoms with van der Waals surface area (Å²) in [5.41, 5.74) is 6.92. The molecule has 92 valence electrons. The van der Waals surface area contributed by atoms with Crippen LogP contribution < -0.4 is 5.73 Å². The van der Waals surface area contributed by atoms with Crippen LogP contribution >= 0.6 is 0 Å². The fourth-order valence-corrected chi connectivity index (χ4v) is 2.09. The van der Waals surface area contributed by atoms with E-state index in [0.29, 0.717) is 17.1 Å². The molecule has 1 aliphatic heterocycles. The zero-order chi connectivity index (χ0) is 12.6. The molecule has 1 aromatic rings. The highest BCUT2D eigenvalue weighted by Crippen LogP contribution is 2.33. The molecule has 0 saturated carbocycles. The van der Waals surface area contributed by atoms with E-state index >= 15 is 0 Å². The summed E-state index contributed by atoms with van der Waals surface area (Å²) in [5, 5.41) is 13.7. The largest absolute Gasteiger partial charge is 0.383 e. The first-order valence-electron chi connectivity index (χ1n) is 5.85. The number of hydrogen-bond donors (Lipinski definition) is 1. The number of rotatable bonds is 1. The van der Waals surface area contributed by atoms with Gasteiger partial charge in [0.2, 0.25) is 0 Å². The molecule has 0 aliphatic carbocycles. The lowest BCUT2D eigenvalue weighted by molar-refractivity contribution is 0.107. The summed E-state index contributed by atoms with van der Waals surface area (Å²) >= 11 is 0. The van der Waals surface area contributed by atoms with Crippen LogP contribution in [0.1, 0.15) is 51.0 Å². The van der Waals surface area contributed by atoms with Crippen molar-refractivity contribution < 1.29 is 4.74 Å². The Labute approximate surface area is 101 Å². The van der Waals surface area contributed by atoms with Gasteiger partial charge in [-0.25, -0.2) is 4.68 Å². The maximum atomic E-state index is 9.20. The summed E-state index contributed by atoms with van der Waals surface area (Å²) in [6.45, 7) is 6.77. The molecule has 1 aromatic heterocycles. The van der Waals surface area contributed by atoms with E-state index in [1.165, 1.54) is 0 Å². The molecule has 1 atom stereocenters. The zero-order valence-electron chi connectivity index (χ0n) is 10.5. The van der Waals surface area contributed by atoms with Crippen molar-refractivity contribution in [1.82, 2.24) is 9.78 Å². The van der Waals surface area contributed by atoms with Crippen LogP contribution in [0.4, 0.5) is 5.82 Å². The summed E-state index contributed by atoms with van der Waals surface area (Å²) in [7, 11) is 0. The Morgan fingerprint density at radius 2 is 2.24 bits per heavy atom. The maximum Gasteiger partial charge on any atom is 0.140 e. The molecule has 0 amide bonds. The van der Waals surface area contributed by atoms with Gasteiger partial charge in [-0.05, 0) is 33.6 Å². The zero-order valence-corrected chi connectivity index (χ0v) is 10.5. The number of nitrogens with two attached hydrogens (primary N) is 1. The van der Waals surface area contributed by atoms with Crippen molar-refractivity contribution in [3.05, 3.63) is 11.3 Å². The quantitative estimate of drug-likeness (QED) is 0.805. The van der Waals surface area contributed by atoms with Gasteiger partial charge in [0, 0.05) is 6.61 Å². The average molecular weight is 234 g/mol. The number of aromatic nitrogens is 2. The summed E-state index contributed by atoms with van der Waals surface area (Å²) in [5.74, 6) is 0.436. The molecule has 0 unspecified atom stereocenters. The monoisotopic (exact) mass is 234 g/mol. The van der Waals surface area contributed by atoms with E-state index in [1.54, 1.807) is 4.68 Å². The number of nitriles is 1. The summed E-state index contributed by atoms with van der Waals surface area (Å²) in [4.78, 5) is 0. The van der Waals surface area contributed by atoms with Crippen LogP contribution in [0.2, 0.25) is 0 Å². The standard InChI is InChI=1S/C12H18N4O/c1-12(2,3)16-11(14)8(7-13)10(15-16)9-5-4-6-17-9/h9H,4-6,14H2,1-3H3/t9-/m1/s1. The van der Waals surface area contributed by atoms with Gasteiger partial charge in [0.25, 0.3) is 0 Å². The van der Waals surface area contributed by atoms with E-state index in [4.69, 9.17) is 10.5 Å². The Morgan fingerprint density at radius 1 is 1.53 bits per heavy atom. The fourth-order valence-electron chi connectivity index (χ4n) is 2.09. The van der Waals surface area contributed by atoms with Crippen molar-refractivity contribution >= 4 is 5.82 Å². The molecule has 0 spiro atoms. The summed E-state index contributed by atoms with van der Waals surface area (Å²) in [6, 6.07) is 2.14. The minimum atomic E-state index is -0.230. The third kappa shape index (κ3) is 2.01. The van der Waals surface area contributed by atoms with Crippen LogP contribution in [0.25, 0.3) is 0 Å². The molecule has 0 radical (unpaired) electrons. The molecule has 1 aliphatic rings. The molecule has 2 rings (SSSR count). The fraction of sp³-hybridized carbons (Fsp3) is 0.667. The Hall–Kier alpha value is -1.54. The molecule has 2 N–H and O–H groups in total. The van der Waals surface area contributed by atoms with Gasteiger partial charge in [-0.1, -0.05) is 0 Å². The molecule has 0 aromatic carbocycles. The van der Waals surface area contributed by atoms with Crippen molar-refractivity contribution in [2.75, 3.05) is 12.3 Å². The van der Waals surface area contributed by atoms with E-state index in [2.05, 4.69) is 11.2 Å². The molecule has 2 heterocycles. The van der Waals surface area contributed by atoms with Gasteiger partial charge < -0.3 is 10.5 Å². The predicted molar refractivity (Wildman–Crippen MR) is 64.3 cm³/mol. The SMILES string of the molecule is CC(C)(C)n1nc([C@H]2CCCO2)c(C#N)c1N. The van der Waals surface area contributed by atoms with Gasteiger partial charge in [0.15, 0.2) is 0 Å². The highest BCUT2D eigenvalue weighted by Gasteiger charge is 2.29. The normalized spacial score (nSPS) is 20.5. The second-order valence-corrected chi connectivity index (χ2v) is 5.34. The maximum absolute atomic E-state index is 9.20. The van der Waals surface area contributed by atoms with Crippen LogP contribution in [-0.4, -0.2) is 16.4 Å². The van der Waals surface area contributed by atoms with Gasteiger partial charge in [0.05, 0.1) is 5.54 Å². The topological polar surface area (TPSA) is 76.9 Å². The molecule has 5 nitrogen and oxygen atoms in total. The third-order valence-electron chi connectivity index (χ3n) is 2.93. The Bertz CT molecular complexity index is 458. The summed E-state index contributed by atoms with van der Waals surface area (Å²) in [6.07, 6.45) is 1.85. The number of nitrogen functional groups attached to an aromatic ring is 1. The van der Waals surface area contributed by atoms with Gasteiger partial charge in [-0.3, -0.25) is 0 Å². The predicted octanol–water partition coefficient (Wildman–Crippen LogP) is 1.94. The molecule has 1 saturated heterocycles. The first-order chi connectivity index (χ1) is 7.95. The van der Waals surface area contributed by atoms with Gasteiger partial charge in [0.1, 0.15) is 29.2 Å². The lowest BCUT2D eigenvalue weighted by Crippen LogP contribution is -2.25. The van der Waals surface area contributed by atoms with Crippen molar-refractivity contribution in [2.24, 2.45) is 0 Å². The van der Waals surface area contributed by atoms with E-state index in [9.17, 15) is 5.26 Å². The molecule has 0 bridgehead atoms. The van der Waals surface area contributed by atoms with Crippen molar-refractivity contribution in [3.8, 4) is 6.07 Å². The highest BCUT2D eigenvalue weighted by atomic mass is 16.5. The van der Waals surface area contributed by atoms with E-state index in [1.807, 2.05) is 20.8 Å². The first-order valence-corrected chi connectivity index (χ1v) is 5.85. The molecule has 17 heavy (non-hydrogen) atoms. The Balaban J connectivity index is 2.49. The first kappa shape index (κ1) is 11.9. The number of ether oxygens (including phenoxy) is 1. The Morgan fingerprint density at radius 3 is 2.71 bits per heavy atom. The van der Waals surface area contributed by atoms with Gasteiger partial charge >= 0.3 is 0 Å². The third-order valence-corrected chi connectivity index (χ3v) is 2.93. The van der Waals surface area contributed by atoms with E-state index in [-0.39, 0.29) is 11.6 Å². The van der Waals surface area contributed by atoms with Crippen molar-refractivity contribution in [3.63, 3.8) is 0 Å². The van der Waals surface area contributed by atoms with Crippen LogP contribution in [0.15, 0.2) is 0 Å². The Kier molecular flexibility index (Phi) is 2.84. The van der Waals surface area contributed by atoms with E-state index in [0.717, 1.165) is 19.4 Å². The van der Waals surface area contributed by atoms with Crippen molar-refractivity contribution in [1.29, 1.82) is 5.26 Å². The second-order valence-electron chi connectivity index (χ2n) is 5.34. The van der Waals surface area contributed by atoms with Crippen LogP contribution in [-0.2, 0) is 10.3 Å². The minimum Gasteiger partial charge on any atom is -0.383 e. The molecule has 5 heteroatoms. The number of nitrogens with zero attached hydrogens (tertiary/aromatic N) is 3. The van der Waals surface area contributed by atoms with Crippen molar-refractivity contribution in [2.45, 2.75) is 45.3 Å². The molecule has 1 fully saturated rings. The highest BCUT2D eigenvalue weighted by molar-refractivity contribution is 5.53. The van der Waals surface area contributed by atoms with Gasteiger partial charge in [-0.15, -0.1) is 0 Å². The lowest BCUT2D eigenvalue weighted by Gasteiger charge is -2.20. The smallest absolute Gasteiger partial charge is 0.140 e. The molecular formula is C12H18N4O. The van der Waals surface area contributed by atoms with E-state index < -0.39 is 0 Å². The average Bonchev–Trinajstić information content (AvgIpc) is 2.82. The number of anilines is 1. The number of hydrogen-bond acceptors (Lipinski definition) is 4. The van der Waals surface area contributed by atoms with Crippen LogP contribution in [0.3, 0.4) is 0 Å². The second kappa shape index (κ2) is 4.04. The lowest BCUT2D eigenvalue weighted by atomic mass is 10.1. The van der Waals surface area contributed by atoms with Crippen LogP contribution in [0, 0.1) is 11.3 Å². The summed E-state index contributed by atoms with van der Waals surface area (Å²) < 4.78 is 7.29.